The van der Waals surface area contributed by atoms with Gasteiger partial charge in [-0.25, -0.2) is 0 Å². The maximum Gasteiger partial charge on any atom is 0.306 e. The lowest BCUT2D eigenvalue weighted by Crippen LogP contribution is -2.22. The van der Waals surface area contributed by atoms with Gasteiger partial charge in [0.15, 0.2) is 0 Å². The smallest absolute Gasteiger partial charge is 0.306 e. The molecule has 1 rings (SSSR count). The zero-order valence-corrected chi connectivity index (χ0v) is 9.27. The van der Waals surface area contributed by atoms with Gasteiger partial charge in [-0.1, -0.05) is 6.42 Å². The van der Waals surface area contributed by atoms with Gasteiger partial charge in [0.1, 0.15) is 5.78 Å². The van der Waals surface area contributed by atoms with Gasteiger partial charge in [0, 0.05) is 12.2 Å². The van der Waals surface area contributed by atoms with Crippen molar-refractivity contribution < 1.29 is 14.3 Å². The van der Waals surface area contributed by atoms with Crippen molar-refractivity contribution in [3.05, 3.63) is 0 Å². The lowest BCUT2D eigenvalue weighted by Gasteiger charge is -2.19. The Kier molecular flexibility index (Phi) is 5.01. The topological polar surface area (TPSA) is 43.4 Å². The molecule has 0 aromatic rings. The Morgan fingerprint density at radius 3 is 3.00 bits per heavy atom. The summed E-state index contributed by atoms with van der Waals surface area (Å²) in [6.45, 7) is 0. The second-order valence-electron chi connectivity index (χ2n) is 3.40. The number of rotatable bonds is 4. The van der Waals surface area contributed by atoms with Crippen LogP contribution in [0.1, 0.15) is 32.1 Å². The minimum absolute atomic E-state index is 0.133. The van der Waals surface area contributed by atoms with E-state index in [1.165, 1.54) is 7.11 Å². The van der Waals surface area contributed by atoms with Crippen molar-refractivity contribution in [3.8, 4) is 0 Å². The first-order chi connectivity index (χ1) is 6.74. The van der Waals surface area contributed by atoms with Crippen LogP contribution in [0.25, 0.3) is 0 Å². The molecule has 1 fully saturated rings. The summed E-state index contributed by atoms with van der Waals surface area (Å²) in [5, 5.41) is 0.133. The molecule has 0 heterocycles. The molecule has 1 atom stereocenters. The summed E-state index contributed by atoms with van der Waals surface area (Å²) in [6, 6.07) is 0. The van der Waals surface area contributed by atoms with Crippen molar-refractivity contribution in [2.75, 3.05) is 12.9 Å². The Bertz CT molecular complexity index is 215. The molecule has 0 aromatic carbocycles. The minimum Gasteiger partial charge on any atom is -0.469 e. The first kappa shape index (κ1) is 11.6. The van der Waals surface area contributed by atoms with Crippen LogP contribution in [0.3, 0.4) is 0 Å². The lowest BCUT2D eigenvalue weighted by molar-refractivity contribution is -0.140. The van der Waals surface area contributed by atoms with Gasteiger partial charge < -0.3 is 4.74 Å². The van der Waals surface area contributed by atoms with E-state index < -0.39 is 0 Å². The molecule has 0 aromatic heterocycles. The lowest BCUT2D eigenvalue weighted by atomic mass is 9.99. The maximum atomic E-state index is 11.4. The van der Waals surface area contributed by atoms with Gasteiger partial charge in [0.25, 0.3) is 0 Å². The molecule has 1 aliphatic carbocycles. The van der Waals surface area contributed by atoms with Crippen LogP contribution in [0.4, 0.5) is 0 Å². The molecular weight excluding hydrogens is 200 g/mol. The first-order valence-corrected chi connectivity index (χ1v) is 6.00. The summed E-state index contributed by atoms with van der Waals surface area (Å²) < 4.78 is 4.53. The van der Waals surface area contributed by atoms with E-state index in [2.05, 4.69) is 4.74 Å². The molecular formula is C10H16O3S. The highest BCUT2D eigenvalue weighted by molar-refractivity contribution is 8.00. The van der Waals surface area contributed by atoms with Crippen molar-refractivity contribution in [2.24, 2.45) is 0 Å². The van der Waals surface area contributed by atoms with Gasteiger partial charge in [-0.2, -0.15) is 11.8 Å². The minimum atomic E-state index is -0.194. The number of carbonyl (C=O) groups is 2. The second-order valence-corrected chi connectivity index (χ2v) is 4.71. The summed E-state index contributed by atoms with van der Waals surface area (Å²) >= 11 is 1.60. The fraction of sp³-hybridized carbons (Fsp3) is 0.800. The molecule has 1 saturated carbocycles. The predicted octanol–water partition coefficient (Wildman–Crippen LogP) is 1.79. The Morgan fingerprint density at radius 1 is 1.57 bits per heavy atom. The molecule has 80 valence electrons. The van der Waals surface area contributed by atoms with E-state index in [1.54, 1.807) is 11.8 Å². The second kappa shape index (κ2) is 6.06. The number of esters is 1. The van der Waals surface area contributed by atoms with Gasteiger partial charge in [-0.15, -0.1) is 0 Å². The van der Waals surface area contributed by atoms with E-state index in [9.17, 15) is 9.59 Å². The molecule has 4 heteroatoms. The summed E-state index contributed by atoms with van der Waals surface area (Å²) in [7, 11) is 1.39. The van der Waals surface area contributed by atoms with Crippen molar-refractivity contribution in [1.29, 1.82) is 0 Å². The maximum absolute atomic E-state index is 11.4. The van der Waals surface area contributed by atoms with Gasteiger partial charge >= 0.3 is 5.97 Å². The van der Waals surface area contributed by atoms with Crippen LogP contribution in [0.2, 0.25) is 0 Å². The van der Waals surface area contributed by atoms with Crippen molar-refractivity contribution >= 4 is 23.5 Å². The number of methoxy groups -OCH3 is 1. The summed E-state index contributed by atoms with van der Waals surface area (Å²) in [5.41, 5.74) is 0. The number of carbonyl (C=O) groups excluding carboxylic acids is 2. The number of Topliss-reactive ketones (excluding diaryl/α,β-unsaturated/α-hetero) is 1. The molecule has 3 nitrogen and oxygen atoms in total. The molecule has 0 bridgehead atoms. The normalized spacial score (nSPS) is 22.1. The van der Waals surface area contributed by atoms with Crippen molar-refractivity contribution in [3.63, 3.8) is 0 Å². The average molecular weight is 216 g/mol. The molecule has 0 amide bonds. The van der Waals surface area contributed by atoms with Gasteiger partial charge in [0.05, 0.1) is 18.8 Å². The molecule has 1 unspecified atom stereocenters. The van der Waals surface area contributed by atoms with Crippen LogP contribution in [0, 0.1) is 0 Å². The van der Waals surface area contributed by atoms with Gasteiger partial charge in [-0.05, 0) is 12.8 Å². The summed E-state index contributed by atoms with van der Waals surface area (Å²) in [6.07, 6.45) is 4.28. The van der Waals surface area contributed by atoms with Crippen molar-refractivity contribution in [1.82, 2.24) is 0 Å². The highest BCUT2D eigenvalue weighted by Crippen LogP contribution is 2.25. The predicted molar refractivity (Wildman–Crippen MR) is 56.4 cm³/mol. The largest absolute Gasteiger partial charge is 0.469 e. The van der Waals surface area contributed by atoms with E-state index in [4.69, 9.17) is 0 Å². The quantitative estimate of drug-likeness (QED) is 0.672. The zero-order chi connectivity index (χ0) is 10.4. The van der Waals surface area contributed by atoms with Crippen molar-refractivity contribution in [2.45, 2.75) is 37.4 Å². The zero-order valence-electron chi connectivity index (χ0n) is 8.45. The Morgan fingerprint density at radius 2 is 2.36 bits per heavy atom. The molecule has 0 aliphatic heterocycles. The van der Waals surface area contributed by atoms with E-state index in [1.807, 2.05) is 0 Å². The highest BCUT2D eigenvalue weighted by Gasteiger charge is 2.22. The number of ketones is 1. The van der Waals surface area contributed by atoms with E-state index in [-0.39, 0.29) is 11.2 Å². The van der Waals surface area contributed by atoms with E-state index in [0.717, 1.165) is 25.7 Å². The van der Waals surface area contributed by atoms with Crippen LogP contribution >= 0.6 is 11.8 Å². The average Bonchev–Trinajstić information content (AvgIpc) is 2.20. The Balaban J connectivity index is 2.16. The van der Waals surface area contributed by atoms with E-state index in [0.29, 0.717) is 18.0 Å². The molecule has 0 spiro atoms. The number of thioether (sulfide) groups is 1. The fourth-order valence-corrected chi connectivity index (χ4v) is 2.72. The first-order valence-electron chi connectivity index (χ1n) is 4.95. The third kappa shape index (κ3) is 3.70. The van der Waals surface area contributed by atoms with Crippen LogP contribution < -0.4 is 0 Å². The Hall–Kier alpha value is -0.510. The Labute approximate surface area is 88.6 Å². The molecule has 0 saturated heterocycles. The monoisotopic (exact) mass is 216 g/mol. The molecule has 14 heavy (non-hydrogen) atoms. The molecule has 1 aliphatic rings. The van der Waals surface area contributed by atoms with Gasteiger partial charge in [0.2, 0.25) is 0 Å². The third-order valence-corrected chi connectivity index (χ3v) is 3.69. The van der Waals surface area contributed by atoms with E-state index >= 15 is 0 Å². The summed E-state index contributed by atoms with van der Waals surface area (Å²) in [5.74, 6) is 0.857. The van der Waals surface area contributed by atoms with Crippen LogP contribution in [-0.2, 0) is 14.3 Å². The number of hydrogen-bond donors (Lipinski definition) is 0. The van der Waals surface area contributed by atoms with Gasteiger partial charge in [-0.3, -0.25) is 9.59 Å². The van der Waals surface area contributed by atoms with Crippen LogP contribution in [0.15, 0.2) is 0 Å². The van der Waals surface area contributed by atoms with Crippen LogP contribution in [0.5, 0.6) is 0 Å². The third-order valence-electron chi connectivity index (χ3n) is 2.35. The summed E-state index contributed by atoms with van der Waals surface area (Å²) in [4.78, 5) is 22.2. The molecule has 0 N–H and O–H groups in total. The standard InChI is InChI=1S/C10H16O3S/c1-13-10(12)6-7-14-9-5-3-2-4-8(9)11/h9H,2-7H2,1H3. The number of hydrogen-bond acceptors (Lipinski definition) is 4. The SMILES string of the molecule is COC(=O)CCSC1CCCCC1=O. The highest BCUT2D eigenvalue weighted by atomic mass is 32.2. The molecule has 0 radical (unpaired) electrons. The fourth-order valence-electron chi connectivity index (χ4n) is 1.51. The van der Waals surface area contributed by atoms with Crippen LogP contribution in [-0.4, -0.2) is 29.9 Å². The number of ether oxygens (including phenoxy) is 1.